The summed E-state index contributed by atoms with van der Waals surface area (Å²) in [7, 11) is 1.60. The van der Waals surface area contributed by atoms with Gasteiger partial charge in [0.1, 0.15) is 0 Å². The number of pyridine rings is 1. The van der Waals surface area contributed by atoms with Crippen LogP contribution in [0.15, 0.2) is 54.6 Å². The molecule has 30 heavy (non-hydrogen) atoms. The number of anilines is 1. The topological polar surface area (TPSA) is 103 Å². The minimum absolute atomic E-state index is 0.0115. The number of fused-ring (bicyclic) bond motifs is 1. The van der Waals surface area contributed by atoms with Gasteiger partial charge < -0.3 is 0 Å². The van der Waals surface area contributed by atoms with Crippen LogP contribution in [0.2, 0.25) is 0 Å². The van der Waals surface area contributed by atoms with E-state index < -0.39 is 11.8 Å². The van der Waals surface area contributed by atoms with Crippen molar-refractivity contribution in [2.24, 2.45) is 5.73 Å². The quantitative estimate of drug-likeness (QED) is 0.537. The second-order valence-corrected chi connectivity index (χ2v) is 6.82. The van der Waals surface area contributed by atoms with E-state index in [1.54, 1.807) is 43.6 Å². The van der Waals surface area contributed by atoms with E-state index in [-0.39, 0.29) is 17.1 Å². The first kappa shape index (κ1) is 19.4. The van der Waals surface area contributed by atoms with Gasteiger partial charge in [0.2, 0.25) is 0 Å². The molecule has 0 aliphatic heterocycles. The molecule has 0 fully saturated rings. The monoisotopic (exact) mass is 401 g/mol. The summed E-state index contributed by atoms with van der Waals surface area (Å²) in [5, 5.41) is 3.39. The SMILES string of the molecule is Cc1c(NC(=O)c2cc(C(N)=O)nc3ccccc23)nbn1Cc1ccc(F)cc1. The summed E-state index contributed by atoms with van der Waals surface area (Å²) in [4.78, 5) is 33.1. The van der Waals surface area contributed by atoms with E-state index in [4.69, 9.17) is 5.73 Å². The second kappa shape index (κ2) is 7.86. The number of para-hydroxylation sites is 1. The molecule has 2 aromatic carbocycles. The van der Waals surface area contributed by atoms with E-state index >= 15 is 0 Å². The summed E-state index contributed by atoms with van der Waals surface area (Å²) < 4.78 is 15.0. The number of benzene rings is 2. The predicted molar refractivity (Wildman–Crippen MR) is 112 cm³/mol. The number of carbonyl (C=O) groups is 2. The van der Waals surface area contributed by atoms with Crippen LogP contribution in [0.3, 0.4) is 0 Å². The Balaban J connectivity index is 1.62. The maximum atomic E-state index is 13.1. The van der Waals surface area contributed by atoms with Crippen molar-refractivity contribution in [1.29, 1.82) is 0 Å². The molecule has 0 saturated carbocycles. The number of hydrogen-bond donors (Lipinski definition) is 2. The van der Waals surface area contributed by atoms with Crippen molar-refractivity contribution in [3.05, 3.63) is 82.9 Å². The molecular formula is C21H17BFN5O2. The zero-order valence-electron chi connectivity index (χ0n) is 16.1. The molecule has 0 atom stereocenters. The van der Waals surface area contributed by atoms with Crippen LogP contribution >= 0.6 is 0 Å². The molecule has 0 aliphatic rings. The number of carbonyl (C=O) groups excluding carboxylic acids is 2. The Kier molecular flexibility index (Phi) is 5.10. The molecule has 0 aliphatic carbocycles. The zero-order valence-corrected chi connectivity index (χ0v) is 16.1. The molecular weight excluding hydrogens is 384 g/mol. The molecule has 148 valence electrons. The van der Waals surface area contributed by atoms with Crippen LogP contribution in [0, 0.1) is 12.7 Å². The van der Waals surface area contributed by atoms with E-state index in [1.165, 1.54) is 18.2 Å². The third-order valence-corrected chi connectivity index (χ3v) is 4.81. The number of amides is 2. The van der Waals surface area contributed by atoms with Crippen LogP contribution < -0.4 is 11.1 Å². The summed E-state index contributed by atoms with van der Waals surface area (Å²) in [6.07, 6.45) is 0. The molecule has 4 aromatic rings. The number of primary amides is 1. The molecule has 2 heterocycles. The van der Waals surface area contributed by atoms with Gasteiger partial charge >= 0.3 is 172 Å². The van der Waals surface area contributed by atoms with Crippen molar-refractivity contribution in [3.8, 4) is 0 Å². The Morgan fingerprint density at radius 1 is 1.17 bits per heavy atom. The van der Waals surface area contributed by atoms with Gasteiger partial charge in [-0.3, -0.25) is 0 Å². The molecule has 0 saturated heterocycles. The summed E-state index contributed by atoms with van der Waals surface area (Å²) in [5.74, 6) is -1.04. The number of halogens is 1. The number of nitrogens with one attached hydrogen (secondary N) is 1. The Hall–Kier alpha value is -3.88. The van der Waals surface area contributed by atoms with E-state index in [2.05, 4.69) is 15.2 Å². The summed E-state index contributed by atoms with van der Waals surface area (Å²) in [5.41, 5.74) is 7.79. The first-order valence-electron chi connectivity index (χ1n) is 9.19. The van der Waals surface area contributed by atoms with Crippen LogP contribution in [0.25, 0.3) is 10.9 Å². The Bertz CT molecular complexity index is 1270. The van der Waals surface area contributed by atoms with Crippen molar-refractivity contribution in [2.45, 2.75) is 13.5 Å². The van der Waals surface area contributed by atoms with E-state index in [0.717, 1.165) is 11.3 Å². The van der Waals surface area contributed by atoms with Gasteiger partial charge in [0.25, 0.3) is 0 Å². The van der Waals surface area contributed by atoms with E-state index in [9.17, 15) is 14.0 Å². The van der Waals surface area contributed by atoms with Gasteiger partial charge in [-0.25, -0.2) is 0 Å². The molecule has 0 radical (unpaired) electrons. The van der Waals surface area contributed by atoms with Gasteiger partial charge in [0.05, 0.1) is 0 Å². The van der Waals surface area contributed by atoms with Crippen molar-refractivity contribution in [3.63, 3.8) is 0 Å². The fourth-order valence-corrected chi connectivity index (χ4v) is 3.18. The standard InChI is InChI=1S/C21H17BFN5O2/c1-12-20(27-22-28(12)11-13-6-8-14(23)9-7-13)26-21(30)16-10-18(19(24)29)25-17-5-3-2-4-15(16)17/h2-10H,11H2,1H3,(H2,24,29)(H,26,30). The number of aromatic nitrogens is 3. The fraction of sp³-hybridized carbons (Fsp3) is 0.0952. The van der Waals surface area contributed by atoms with E-state index in [0.29, 0.717) is 23.3 Å². The molecule has 2 aromatic heterocycles. The molecule has 0 bridgehead atoms. The van der Waals surface area contributed by atoms with Crippen LogP contribution in [0.4, 0.5) is 10.2 Å². The van der Waals surface area contributed by atoms with Crippen molar-refractivity contribution >= 4 is 35.7 Å². The van der Waals surface area contributed by atoms with Crippen molar-refractivity contribution in [1.82, 2.24) is 14.3 Å². The molecule has 9 heteroatoms. The van der Waals surface area contributed by atoms with E-state index in [1.807, 2.05) is 11.4 Å². The number of hydrogen-bond acceptors (Lipinski definition) is 4. The van der Waals surface area contributed by atoms with Gasteiger partial charge in [0.15, 0.2) is 0 Å². The van der Waals surface area contributed by atoms with Crippen molar-refractivity contribution < 1.29 is 14.0 Å². The first-order chi connectivity index (χ1) is 14.4. The van der Waals surface area contributed by atoms with Crippen molar-refractivity contribution in [2.75, 3.05) is 5.32 Å². The maximum absolute atomic E-state index is 13.1. The Morgan fingerprint density at radius 2 is 1.90 bits per heavy atom. The Labute approximate surface area is 172 Å². The third-order valence-electron chi connectivity index (χ3n) is 4.81. The number of rotatable bonds is 5. The molecule has 2 amide bonds. The van der Waals surface area contributed by atoms with Crippen LogP contribution in [-0.4, -0.2) is 33.4 Å². The molecule has 4 rings (SSSR count). The second-order valence-electron chi connectivity index (χ2n) is 6.82. The summed E-state index contributed by atoms with van der Waals surface area (Å²) >= 11 is 0. The van der Waals surface area contributed by atoms with Crippen LogP contribution in [-0.2, 0) is 6.54 Å². The van der Waals surface area contributed by atoms with Gasteiger partial charge in [0, 0.05) is 0 Å². The fourth-order valence-electron chi connectivity index (χ4n) is 3.18. The predicted octanol–water partition coefficient (Wildman–Crippen LogP) is 2.62. The average Bonchev–Trinajstić information content (AvgIpc) is 3.08. The molecule has 7 nitrogen and oxygen atoms in total. The normalized spacial score (nSPS) is 10.7. The van der Waals surface area contributed by atoms with Crippen LogP contribution in [0.1, 0.15) is 32.1 Å². The summed E-state index contributed by atoms with van der Waals surface area (Å²) in [6.45, 7) is 2.31. The van der Waals surface area contributed by atoms with Gasteiger partial charge in [-0.1, -0.05) is 0 Å². The number of nitrogens with two attached hydrogens (primary N) is 1. The van der Waals surface area contributed by atoms with Gasteiger partial charge in [-0.2, -0.15) is 0 Å². The molecule has 3 N–H and O–H groups in total. The van der Waals surface area contributed by atoms with Crippen LogP contribution in [0.5, 0.6) is 0 Å². The minimum atomic E-state index is -0.713. The Morgan fingerprint density at radius 3 is 2.63 bits per heavy atom. The zero-order chi connectivity index (χ0) is 21.3. The average molecular weight is 401 g/mol. The number of nitrogens with zero attached hydrogens (tertiary/aromatic N) is 3. The van der Waals surface area contributed by atoms with Gasteiger partial charge in [-0.15, -0.1) is 0 Å². The summed E-state index contributed by atoms with van der Waals surface area (Å²) in [6, 6.07) is 14.6. The molecule has 0 spiro atoms. The van der Waals surface area contributed by atoms with Gasteiger partial charge in [-0.05, 0) is 0 Å². The third kappa shape index (κ3) is 3.82. The first-order valence-corrected chi connectivity index (χ1v) is 9.19. The molecule has 0 unspecified atom stereocenters.